The van der Waals surface area contributed by atoms with Crippen molar-refractivity contribution in [2.45, 2.75) is 12.8 Å². The third-order valence-electron chi connectivity index (χ3n) is 2.53. The molecule has 0 aliphatic carbocycles. The number of hydrogen-bond acceptors (Lipinski definition) is 2. The van der Waals surface area contributed by atoms with E-state index in [1.54, 1.807) is 6.07 Å². The molecule has 0 atom stereocenters. The fourth-order valence-electron chi connectivity index (χ4n) is 1.79. The Morgan fingerprint density at radius 3 is 2.73 bits per heavy atom. The summed E-state index contributed by atoms with van der Waals surface area (Å²) in [6.45, 7) is 0. The van der Waals surface area contributed by atoms with E-state index in [-0.39, 0.29) is 5.75 Å². The molecule has 0 saturated heterocycles. The molecule has 2 aromatic rings. The standard InChI is InChI=1S/C13H12O2/c14-9-3-6-12-11-5-2-1-4-10(11)7-8-13(12)15/h1-2,4-5,7-9,15H,3,6H2. The molecule has 15 heavy (non-hydrogen) atoms. The topological polar surface area (TPSA) is 37.3 Å². The molecule has 0 spiro atoms. The summed E-state index contributed by atoms with van der Waals surface area (Å²) in [6, 6.07) is 11.4. The minimum atomic E-state index is 0.274. The van der Waals surface area contributed by atoms with Crippen LogP contribution in [0.15, 0.2) is 36.4 Å². The molecule has 1 N–H and O–H groups in total. The molecule has 0 aromatic heterocycles. The number of rotatable bonds is 3. The third kappa shape index (κ3) is 1.84. The zero-order valence-electron chi connectivity index (χ0n) is 8.31. The lowest BCUT2D eigenvalue weighted by atomic mass is 10.0. The SMILES string of the molecule is O=CCCc1c(O)ccc2ccccc12. The normalized spacial score (nSPS) is 10.4. The van der Waals surface area contributed by atoms with Crippen LogP contribution in [0, 0.1) is 0 Å². The molecule has 0 aliphatic rings. The van der Waals surface area contributed by atoms with Crippen molar-refractivity contribution in [3.05, 3.63) is 42.0 Å². The maximum Gasteiger partial charge on any atom is 0.120 e. The van der Waals surface area contributed by atoms with Crippen LogP contribution in [-0.4, -0.2) is 11.4 Å². The van der Waals surface area contributed by atoms with Crippen LogP contribution < -0.4 is 0 Å². The van der Waals surface area contributed by atoms with Gasteiger partial charge in [-0.05, 0) is 23.3 Å². The number of aldehydes is 1. The Morgan fingerprint density at radius 2 is 1.93 bits per heavy atom. The van der Waals surface area contributed by atoms with E-state index in [0.29, 0.717) is 12.8 Å². The van der Waals surface area contributed by atoms with Gasteiger partial charge < -0.3 is 9.90 Å². The number of benzene rings is 2. The van der Waals surface area contributed by atoms with E-state index in [2.05, 4.69) is 0 Å². The molecule has 2 aromatic carbocycles. The van der Waals surface area contributed by atoms with Crippen molar-refractivity contribution in [2.75, 3.05) is 0 Å². The van der Waals surface area contributed by atoms with Crippen LogP contribution in [-0.2, 0) is 11.2 Å². The molecule has 0 radical (unpaired) electrons. The van der Waals surface area contributed by atoms with Gasteiger partial charge >= 0.3 is 0 Å². The lowest BCUT2D eigenvalue weighted by Crippen LogP contribution is -1.89. The molecule has 0 unspecified atom stereocenters. The number of carbonyl (C=O) groups is 1. The van der Waals surface area contributed by atoms with Gasteiger partial charge in [-0.25, -0.2) is 0 Å². The van der Waals surface area contributed by atoms with Gasteiger partial charge in [0, 0.05) is 12.0 Å². The maximum absolute atomic E-state index is 10.3. The van der Waals surface area contributed by atoms with Crippen molar-refractivity contribution in [1.29, 1.82) is 0 Å². The van der Waals surface area contributed by atoms with Crippen molar-refractivity contribution >= 4 is 17.1 Å². The van der Waals surface area contributed by atoms with Gasteiger partial charge in [0.2, 0.25) is 0 Å². The molecule has 2 rings (SSSR count). The molecule has 0 bridgehead atoms. The van der Waals surface area contributed by atoms with Crippen LogP contribution in [0.1, 0.15) is 12.0 Å². The zero-order chi connectivity index (χ0) is 10.7. The summed E-state index contributed by atoms with van der Waals surface area (Å²) in [5, 5.41) is 11.8. The average molecular weight is 200 g/mol. The van der Waals surface area contributed by atoms with E-state index in [9.17, 15) is 9.90 Å². The smallest absolute Gasteiger partial charge is 0.120 e. The molecular formula is C13H12O2. The molecule has 0 heterocycles. The molecule has 0 saturated carbocycles. The van der Waals surface area contributed by atoms with E-state index < -0.39 is 0 Å². The molecule has 0 amide bonds. The summed E-state index contributed by atoms with van der Waals surface area (Å²) >= 11 is 0. The second-order valence-electron chi connectivity index (χ2n) is 3.49. The predicted molar refractivity (Wildman–Crippen MR) is 60.0 cm³/mol. The van der Waals surface area contributed by atoms with Gasteiger partial charge in [-0.3, -0.25) is 0 Å². The van der Waals surface area contributed by atoms with Gasteiger partial charge in [-0.15, -0.1) is 0 Å². The number of aryl methyl sites for hydroxylation is 1. The Labute approximate surface area is 88.2 Å². The highest BCUT2D eigenvalue weighted by atomic mass is 16.3. The Morgan fingerprint density at radius 1 is 1.13 bits per heavy atom. The van der Waals surface area contributed by atoms with Crippen LogP contribution >= 0.6 is 0 Å². The van der Waals surface area contributed by atoms with Gasteiger partial charge in [0.1, 0.15) is 12.0 Å². The fourth-order valence-corrected chi connectivity index (χ4v) is 1.79. The van der Waals surface area contributed by atoms with Crippen molar-refractivity contribution < 1.29 is 9.90 Å². The number of phenolic OH excluding ortho intramolecular Hbond substituents is 1. The Kier molecular flexibility index (Phi) is 2.68. The first-order valence-electron chi connectivity index (χ1n) is 4.96. The summed E-state index contributed by atoms with van der Waals surface area (Å²) in [5.41, 5.74) is 0.861. The number of phenols is 1. The van der Waals surface area contributed by atoms with E-state index >= 15 is 0 Å². The van der Waals surface area contributed by atoms with Gasteiger partial charge in [0.25, 0.3) is 0 Å². The molecular weight excluding hydrogens is 188 g/mol. The van der Waals surface area contributed by atoms with E-state index in [0.717, 1.165) is 22.6 Å². The lowest BCUT2D eigenvalue weighted by Gasteiger charge is -2.07. The fraction of sp³-hybridized carbons (Fsp3) is 0.154. The van der Waals surface area contributed by atoms with Crippen LogP contribution in [0.5, 0.6) is 5.75 Å². The Hall–Kier alpha value is -1.83. The van der Waals surface area contributed by atoms with E-state index in [1.807, 2.05) is 30.3 Å². The highest BCUT2D eigenvalue weighted by Gasteiger charge is 2.05. The Bertz CT molecular complexity index is 489. The summed E-state index contributed by atoms with van der Waals surface area (Å²) in [7, 11) is 0. The second-order valence-corrected chi connectivity index (χ2v) is 3.49. The first-order valence-corrected chi connectivity index (χ1v) is 4.96. The van der Waals surface area contributed by atoms with Gasteiger partial charge in [-0.2, -0.15) is 0 Å². The van der Waals surface area contributed by atoms with Crippen molar-refractivity contribution in [3.63, 3.8) is 0 Å². The van der Waals surface area contributed by atoms with E-state index in [4.69, 9.17) is 0 Å². The van der Waals surface area contributed by atoms with Crippen LogP contribution in [0.3, 0.4) is 0 Å². The quantitative estimate of drug-likeness (QED) is 0.773. The van der Waals surface area contributed by atoms with Crippen LogP contribution in [0.4, 0.5) is 0 Å². The maximum atomic E-state index is 10.3. The van der Waals surface area contributed by atoms with Gasteiger partial charge in [-0.1, -0.05) is 30.3 Å². The number of carbonyl (C=O) groups excluding carboxylic acids is 1. The van der Waals surface area contributed by atoms with E-state index in [1.165, 1.54) is 0 Å². The minimum Gasteiger partial charge on any atom is -0.508 e. The third-order valence-corrected chi connectivity index (χ3v) is 2.53. The number of aromatic hydroxyl groups is 1. The van der Waals surface area contributed by atoms with Gasteiger partial charge in [0.15, 0.2) is 0 Å². The molecule has 0 aliphatic heterocycles. The predicted octanol–water partition coefficient (Wildman–Crippen LogP) is 2.68. The molecule has 2 nitrogen and oxygen atoms in total. The highest BCUT2D eigenvalue weighted by molar-refractivity contribution is 5.87. The van der Waals surface area contributed by atoms with Crippen LogP contribution in [0.25, 0.3) is 10.8 Å². The van der Waals surface area contributed by atoms with Crippen molar-refractivity contribution in [1.82, 2.24) is 0 Å². The number of hydrogen-bond donors (Lipinski definition) is 1. The summed E-state index contributed by atoms with van der Waals surface area (Å²) in [5.74, 6) is 0.274. The Balaban J connectivity index is 2.57. The van der Waals surface area contributed by atoms with Crippen molar-refractivity contribution in [3.8, 4) is 5.75 Å². The summed E-state index contributed by atoms with van der Waals surface area (Å²) in [4.78, 5) is 10.3. The van der Waals surface area contributed by atoms with Gasteiger partial charge in [0.05, 0.1) is 0 Å². The van der Waals surface area contributed by atoms with Crippen LogP contribution in [0.2, 0.25) is 0 Å². The minimum absolute atomic E-state index is 0.274. The molecule has 0 fully saturated rings. The lowest BCUT2D eigenvalue weighted by molar-refractivity contribution is -0.107. The largest absolute Gasteiger partial charge is 0.508 e. The monoisotopic (exact) mass is 200 g/mol. The highest BCUT2D eigenvalue weighted by Crippen LogP contribution is 2.27. The summed E-state index contributed by atoms with van der Waals surface area (Å²) in [6.07, 6.45) is 1.92. The summed E-state index contributed by atoms with van der Waals surface area (Å²) < 4.78 is 0. The first-order chi connectivity index (χ1) is 7.33. The molecule has 2 heteroatoms. The first kappa shape index (κ1) is 9.71. The number of fused-ring (bicyclic) bond motifs is 1. The van der Waals surface area contributed by atoms with Crippen molar-refractivity contribution in [2.24, 2.45) is 0 Å². The molecule has 76 valence electrons. The average Bonchev–Trinajstić information content (AvgIpc) is 2.28. The zero-order valence-corrected chi connectivity index (χ0v) is 8.31. The second kappa shape index (κ2) is 4.13.